The molecule has 3 unspecified atom stereocenters. The quantitative estimate of drug-likeness (QED) is 0.780. The van der Waals surface area contributed by atoms with Crippen LogP contribution < -0.4 is 14.8 Å². The van der Waals surface area contributed by atoms with Crippen LogP contribution in [-0.2, 0) is 6.42 Å². The Kier molecular flexibility index (Phi) is 5.92. The first kappa shape index (κ1) is 16.2. The van der Waals surface area contributed by atoms with Crippen LogP contribution in [0.3, 0.4) is 0 Å². The Balaban J connectivity index is 1.74. The molecule has 3 atom stereocenters. The zero-order valence-electron chi connectivity index (χ0n) is 13.8. The number of hydrogen-bond acceptors (Lipinski definition) is 3. The van der Waals surface area contributed by atoms with E-state index in [4.69, 9.17) is 9.47 Å². The first-order valence-corrected chi connectivity index (χ1v) is 8.23. The molecular weight excluding hydrogens is 262 g/mol. The lowest BCUT2D eigenvalue weighted by Gasteiger charge is -2.22. The average Bonchev–Trinajstić information content (AvgIpc) is 2.92. The molecule has 3 nitrogen and oxygen atoms in total. The van der Waals surface area contributed by atoms with Gasteiger partial charge < -0.3 is 14.8 Å². The van der Waals surface area contributed by atoms with Crippen LogP contribution in [0.2, 0.25) is 0 Å². The molecule has 0 fully saturated rings. The first-order chi connectivity index (χ1) is 10.1. The Hall–Kier alpha value is -1.22. The minimum Gasteiger partial charge on any atom is -0.454 e. The third-order valence-corrected chi connectivity index (χ3v) is 4.32. The molecule has 0 spiro atoms. The summed E-state index contributed by atoms with van der Waals surface area (Å²) in [5.74, 6) is 2.55. The van der Waals surface area contributed by atoms with E-state index >= 15 is 0 Å². The summed E-state index contributed by atoms with van der Waals surface area (Å²) in [5, 5.41) is 3.71. The second kappa shape index (κ2) is 7.69. The maximum atomic E-state index is 5.43. The Bertz CT molecular complexity index is 447. The van der Waals surface area contributed by atoms with E-state index in [0.717, 1.165) is 30.3 Å². The Morgan fingerprint density at radius 3 is 2.62 bits per heavy atom. The minimum absolute atomic E-state index is 0.351. The van der Waals surface area contributed by atoms with Gasteiger partial charge in [0.25, 0.3) is 0 Å². The van der Waals surface area contributed by atoms with Crippen molar-refractivity contribution in [1.82, 2.24) is 5.32 Å². The summed E-state index contributed by atoms with van der Waals surface area (Å²) < 4.78 is 10.8. The molecule has 0 bridgehead atoms. The number of aryl methyl sites for hydroxylation is 1. The van der Waals surface area contributed by atoms with Crippen LogP contribution in [0, 0.1) is 5.92 Å². The summed E-state index contributed by atoms with van der Waals surface area (Å²) in [4.78, 5) is 0. The van der Waals surface area contributed by atoms with Gasteiger partial charge in [0.05, 0.1) is 0 Å². The number of benzene rings is 1. The van der Waals surface area contributed by atoms with Crippen molar-refractivity contribution in [1.29, 1.82) is 0 Å². The fourth-order valence-electron chi connectivity index (χ4n) is 2.89. The fourth-order valence-corrected chi connectivity index (χ4v) is 2.89. The summed E-state index contributed by atoms with van der Waals surface area (Å²) >= 11 is 0. The number of hydrogen-bond donors (Lipinski definition) is 1. The Labute approximate surface area is 129 Å². The molecular formula is C18H29NO2. The van der Waals surface area contributed by atoms with Crippen LogP contribution >= 0.6 is 0 Å². The summed E-state index contributed by atoms with van der Waals surface area (Å²) in [6.45, 7) is 9.52. The second-order valence-corrected chi connectivity index (χ2v) is 6.44. The highest BCUT2D eigenvalue weighted by Gasteiger charge is 2.14. The number of rotatable bonds is 8. The minimum atomic E-state index is 0.351. The lowest BCUT2D eigenvalue weighted by molar-refractivity contribution is 0.174. The molecule has 0 amide bonds. The summed E-state index contributed by atoms with van der Waals surface area (Å²) in [6.07, 6.45) is 4.73. The van der Waals surface area contributed by atoms with Crippen LogP contribution in [0.25, 0.3) is 0 Å². The lowest BCUT2D eigenvalue weighted by atomic mass is 9.99. The Morgan fingerprint density at radius 1 is 1.10 bits per heavy atom. The highest BCUT2D eigenvalue weighted by atomic mass is 16.7. The van der Waals surface area contributed by atoms with Crippen molar-refractivity contribution < 1.29 is 9.47 Å². The third-order valence-electron chi connectivity index (χ3n) is 4.32. The molecule has 0 aliphatic carbocycles. The van der Waals surface area contributed by atoms with E-state index in [1.165, 1.54) is 18.4 Å². The van der Waals surface area contributed by atoms with Gasteiger partial charge in [-0.15, -0.1) is 0 Å². The van der Waals surface area contributed by atoms with Gasteiger partial charge in [-0.25, -0.2) is 0 Å². The monoisotopic (exact) mass is 291 g/mol. The standard InChI is InChI=1S/C18H29NO2/c1-5-13(2)10-15(4)19-14(3)6-7-16-8-9-17-18(11-16)21-12-20-17/h8-9,11,13-15,19H,5-7,10,12H2,1-4H3. The molecule has 1 N–H and O–H groups in total. The lowest BCUT2D eigenvalue weighted by Crippen LogP contribution is -2.35. The topological polar surface area (TPSA) is 30.5 Å². The summed E-state index contributed by atoms with van der Waals surface area (Å²) in [6, 6.07) is 7.39. The van der Waals surface area contributed by atoms with Crippen molar-refractivity contribution in [3.05, 3.63) is 23.8 Å². The molecule has 1 aromatic rings. The molecule has 1 aliphatic heterocycles. The molecule has 2 rings (SSSR count). The first-order valence-electron chi connectivity index (χ1n) is 8.23. The van der Waals surface area contributed by atoms with Gasteiger partial charge in [0, 0.05) is 12.1 Å². The second-order valence-electron chi connectivity index (χ2n) is 6.44. The van der Waals surface area contributed by atoms with Crippen LogP contribution in [-0.4, -0.2) is 18.9 Å². The number of nitrogens with one attached hydrogen (secondary N) is 1. The van der Waals surface area contributed by atoms with Gasteiger partial charge in [0.15, 0.2) is 11.5 Å². The van der Waals surface area contributed by atoms with E-state index in [0.29, 0.717) is 18.9 Å². The highest BCUT2D eigenvalue weighted by molar-refractivity contribution is 5.44. The maximum Gasteiger partial charge on any atom is 0.231 e. The molecule has 0 aromatic heterocycles. The van der Waals surface area contributed by atoms with Crippen LogP contribution in [0.1, 0.15) is 52.5 Å². The van der Waals surface area contributed by atoms with Gasteiger partial charge >= 0.3 is 0 Å². The molecule has 3 heteroatoms. The van der Waals surface area contributed by atoms with E-state index in [2.05, 4.69) is 45.1 Å². The molecule has 1 aliphatic rings. The average molecular weight is 291 g/mol. The van der Waals surface area contributed by atoms with Crippen molar-refractivity contribution in [3.63, 3.8) is 0 Å². The molecule has 118 valence electrons. The largest absolute Gasteiger partial charge is 0.454 e. The summed E-state index contributed by atoms with van der Waals surface area (Å²) in [7, 11) is 0. The van der Waals surface area contributed by atoms with E-state index in [9.17, 15) is 0 Å². The van der Waals surface area contributed by atoms with E-state index < -0.39 is 0 Å². The summed E-state index contributed by atoms with van der Waals surface area (Å²) in [5.41, 5.74) is 1.32. The van der Waals surface area contributed by atoms with Crippen molar-refractivity contribution in [2.45, 2.75) is 65.5 Å². The normalized spacial score (nSPS) is 17.5. The molecule has 0 radical (unpaired) electrons. The predicted octanol–water partition coefficient (Wildman–Crippen LogP) is 4.15. The molecule has 0 saturated heterocycles. The van der Waals surface area contributed by atoms with Gasteiger partial charge in [-0.2, -0.15) is 0 Å². The van der Waals surface area contributed by atoms with Crippen molar-refractivity contribution in [2.75, 3.05) is 6.79 Å². The fraction of sp³-hybridized carbons (Fsp3) is 0.667. The van der Waals surface area contributed by atoms with Crippen molar-refractivity contribution in [2.24, 2.45) is 5.92 Å². The zero-order valence-corrected chi connectivity index (χ0v) is 13.8. The number of ether oxygens (including phenoxy) is 2. The predicted molar refractivity (Wildman–Crippen MR) is 87.0 cm³/mol. The van der Waals surface area contributed by atoms with Gasteiger partial charge in [0.1, 0.15) is 0 Å². The van der Waals surface area contributed by atoms with Crippen LogP contribution in [0.4, 0.5) is 0 Å². The van der Waals surface area contributed by atoms with Gasteiger partial charge in [-0.3, -0.25) is 0 Å². The van der Waals surface area contributed by atoms with Gasteiger partial charge in [-0.1, -0.05) is 26.3 Å². The van der Waals surface area contributed by atoms with Crippen molar-refractivity contribution in [3.8, 4) is 11.5 Å². The van der Waals surface area contributed by atoms with Gasteiger partial charge in [-0.05, 0) is 56.7 Å². The van der Waals surface area contributed by atoms with Crippen LogP contribution in [0.5, 0.6) is 11.5 Å². The van der Waals surface area contributed by atoms with E-state index in [-0.39, 0.29) is 0 Å². The zero-order chi connectivity index (χ0) is 15.2. The Morgan fingerprint density at radius 2 is 1.86 bits per heavy atom. The van der Waals surface area contributed by atoms with E-state index in [1.807, 2.05) is 6.07 Å². The van der Waals surface area contributed by atoms with Gasteiger partial charge in [0.2, 0.25) is 6.79 Å². The number of fused-ring (bicyclic) bond motifs is 1. The molecule has 1 heterocycles. The molecule has 21 heavy (non-hydrogen) atoms. The van der Waals surface area contributed by atoms with E-state index in [1.54, 1.807) is 0 Å². The smallest absolute Gasteiger partial charge is 0.231 e. The maximum absolute atomic E-state index is 5.43. The molecule has 0 saturated carbocycles. The van der Waals surface area contributed by atoms with Crippen LogP contribution in [0.15, 0.2) is 18.2 Å². The highest BCUT2D eigenvalue weighted by Crippen LogP contribution is 2.32. The SMILES string of the molecule is CCC(C)CC(C)NC(C)CCc1ccc2c(c1)OCO2. The molecule has 1 aromatic carbocycles. The third kappa shape index (κ3) is 4.92. The van der Waals surface area contributed by atoms with Crippen molar-refractivity contribution >= 4 is 0 Å².